The van der Waals surface area contributed by atoms with Crippen molar-refractivity contribution < 1.29 is 0 Å². The van der Waals surface area contributed by atoms with Crippen LogP contribution < -0.4 is 0 Å². The number of nitrogens with zero attached hydrogens (tertiary/aromatic N) is 5. The summed E-state index contributed by atoms with van der Waals surface area (Å²) in [4.78, 5) is 8.93. The lowest BCUT2D eigenvalue weighted by Crippen LogP contribution is -1.76. The Hall–Kier alpha value is -1.86. The van der Waals surface area contributed by atoms with Gasteiger partial charge in [-0.3, -0.25) is 0 Å². The lowest BCUT2D eigenvalue weighted by atomic mass is 10.3. The van der Waals surface area contributed by atoms with Gasteiger partial charge in [-0.1, -0.05) is 16.6 Å². The van der Waals surface area contributed by atoms with Crippen molar-refractivity contribution in [3.05, 3.63) is 29.6 Å². The first-order valence-corrected chi connectivity index (χ1v) is 6.55. The molecule has 0 aliphatic carbocycles. The van der Waals surface area contributed by atoms with Gasteiger partial charge in [0.2, 0.25) is 5.78 Å². The minimum absolute atomic E-state index is 0.721. The Balaban J connectivity index is 2.05. The molecule has 7 heteroatoms. The Morgan fingerprint density at radius 3 is 2.94 bits per heavy atom. The van der Waals surface area contributed by atoms with Gasteiger partial charge in [0.25, 0.3) is 0 Å². The maximum atomic E-state index is 4.47. The van der Waals surface area contributed by atoms with Gasteiger partial charge >= 0.3 is 0 Å². The average molecular weight is 259 g/mol. The van der Waals surface area contributed by atoms with E-state index >= 15 is 0 Å². The normalized spacial score (nSPS) is 11.5. The number of hydrogen-bond donors (Lipinski definition) is 0. The summed E-state index contributed by atoms with van der Waals surface area (Å²) in [6.45, 7) is 0. The molecule has 0 saturated carbocycles. The van der Waals surface area contributed by atoms with E-state index in [1.54, 1.807) is 0 Å². The second-order valence-corrected chi connectivity index (χ2v) is 5.04. The standard InChI is InChI=1S/C10H5N5S2/c1-2-4-8-6(3-1)11-10-12-9(17-15(8)10)7-5-16-14-13-7/h1-5H. The van der Waals surface area contributed by atoms with Gasteiger partial charge in [-0.05, 0) is 35.2 Å². The molecule has 1 aromatic carbocycles. The molecule has 0 fully saturated rings. The lowest BCUT2D eigenvalue weighted by Gasteiger charge is -1.87. The van der Waals surface area contributed by atoms with Crippen molar-refractivity contribution in [3.8, 4) is 10.7 Å². The van der Waals surface area contributed by atoms with Gasteiger partial charge in [-0.15, -0.1) is 5.10 Å². The number of para-hydroxylation sites is 2. The van der Waals surface area contributed by atoms with Crippen molar-refractivity contribution in [1.82, 2.24) is 23.3 Å². The third kappa shape index (κ3) is 1.29. The fourth-order valence-corrected chi connectivity index (χ4v) is 3.13. The van der Waals surface area contributed by atoms with E-state index in [2.05, 4.69) is 19.6 Å². The Morgan fingerprint density at radius 1 is 1.12 bits per heavy atom. The molecule has 0 radical (unpaired) electrons. The maximum absolute atomic E-state index is 4.47. The quantitative estimate of drug-likeness (QED) is 0.527. The van der Waals surface area contributed by atoms with Crippen LogP contribution in [0.3, 0.4) is 0 Å². The number of rotatable bonds is 1. The predicted octanol–water partition coefficient (Wildman–Crippen LogP) is 2.46. The molecular weight excluding hydrogens is 254 g/mol. The van der Waals surface area contributed by atoms with Crippen LogP contribution in [0, 0.1) is 0 Å². The lowest BCUT2D eigenvalue weighted by molar-refractivity contribution is 1.15. The highest BCUT2D eigenvalue weighted by atomic mass is 32.1. The summed E-state index contributed by atoms with van der Waals surface area (Å²) in [5.74, 6) is 0.721. The van der Waals surface area contributed by atoms with Crippen LogP contribution in [-0.2, 0) is 0 Å². The molecule has 0 aliphatic rings. The maximum Gasteiger partial charge on any atom is 0.246 e. The number of hydrogen-bond acceptors (Lipinski definition) is 6. The van der Waals surface area contributed by atoms with Crippen LogP contribution in [0.15, 0.2) is 29.6 Å². The van der Waals surface area contributed by atoms with E-state index in [-0.39, 0.29) is 0 Å². The SMILES string of the molecule is c1ccc2c(c1)nc1nc(-c3csnn3)sn12. The van der Waals surface area contributed by atoms with E-state index in [0.717, 1.165) is 27.5 Å². The molecule has 3 heterocycles. The van der Waals surface area contributed by atoms with E-state index in [9.17, 15) is 0 Å². The molecule has 0 spiro atoms. The molecule has 4 aromatic rings. The highest BCUT2D eigenvalue weighted by Gasteiger charge is 2.12. The van der Waals surface area contributed by atoms with Crippen LogP contribution >= 0.6 is 23.1 Å². The molecular formula is C10H5N5S2. The second kappa shape index (κ2) is 3.31. The molecule has 0 aliphatic heterocycles. The zero-order valence-corrected chi connectivity index (χ0v) is 10.1. The van der Waals surface area contributed by atoms with E-state index in [1.807, 2.05) is 33.4 Å². The highest BCUT2D eigenvalue weighted by Crippen LogP contribution is 2.26. The largest absolute Gasteiger partial charge is 0.246 e. The van der Waals surface area contributed by atoms with Gasteiger partial charge in [-0.2, -0.15) is 4.98 Å². The van der Waals surface area contributed by atoms with Crippen LogP contribution in [-0.4, -0.2) is 23.3 Å². The van der Waals surface area contributed by atoms with Crippen molar-refractivity contribution >= 4 is 39.9 Å². The minimum Gasteiger partial charge on any atom is -0.229 e. The van der Waals surface area contributed by atoms with Crippen molar-refractivity contribution in [2.75, 3.05) is 0 Å². The smallest absolute Gasteiger partial charge is 0.229 e. The number of aromatic nitrogens is 5. The van der Waals surface area contributed by atoms with Crippen molar-refractivity contribution in [1.29, 1.82) is 0 Å². The Labute approximate surface area is 104 Å². The minimum atomic E-state index is 0.721. The van der Waals surface area contributed by atoms with Crippen LogP contribution in [0.5, 0.6) is 0 Å². The monoisotopic (exact) mass is 259 g/mol. The van der Waals surface area contributed by atoms with Crippen LogP contribution in [0.1, 0.15) is 0 Å². The van der Waals surface area contributed by atoms with Crippen LogP contribution in [0.4, 0.5) is 0 Å². The Kier molecular flexibility index (Phi) is 1.79. The molecule has 17 heavy (non-hydrogen) atoms. The van der Waals surface area contributed by atoms with Crippen molar-refractivity contribution in [2.24, 2.45) is 0 Å². The van der Waals surface area contributed by atoms with E-state index < -0.39 is 0 Å². The summed E-state index contributed by atoms with van der Waals surface area (Å²) in [5.41, 5.74) is 2.86. The fourth-order valence-electron chi connectivity index (χ4n) is 1.71. The van der Waals surface area contributed by atoms with Gasteiger partial charge < -0.3 is 0 Å². The van der Waals surface area contributed by atoms with E-state index in [1.165, 1.54) is 23.1 Å². The van der Waals surface area contributed by atoms with E-state index in [0.29, 0.717) is 0 Å². The van der Waals surface area contributed by atoms with Crippen molar-refractivity contribution in [3.63, 3.8) is 0 Å². The van der Waals surface area contributed by atoms with Gasteiger partial charge in [0.05, 0.1) is 11.0 Å². The molecule has 3 aromatic heterocycles. The molecule has 0 unspecified atom stereocenters. The third-order valence-electron chi connectivity index (χ3n) is 2.46. The second-order valence-electron chi connectivity index (χ2n) is 3.49. The molecule has 0 saturated heterocycles. The molecule has 4 rings (SSSR count). The molecule has 0 atom stereocenters. The first-order valence-electron chi connectivity index (χ1n) is 4.94. The zero-order valence-electron chi connectivity index (χ0n) is 8.44. The molecule has 5 nitrogen and oxygen atoms in total. The number of imidazole rings is 1. The summed E-state index contributed by atoms with van der Waals surface area (Å²) < 4.78 is 5.86. The first-order chi connectivity index (χ1) is 8.42. The summed E-state index contributed by atoms with van der Waals surface area (Å²) >= 11 is 2.86. The van der Waals surface area contributed by atoms with Gasteiger partial charge in [0.1, 0.15) is 5.69 Å². The molecule has 0 bridgehead atoms. The Bertz CT molecular complexity index is 799. The van der Waals surface area contributed by atoms with Crippen LogP contribution in [0.2, 0.25) is 0 Å². The van der Waals surface area contributed by atoms with E-state index in [4.69, 9.17) is 0 Å². The summed E-state index contributed by atoms with van der Waals surface area (Å²) in [7, 11) is 0. The average Bonchev–Trinajstić information content (AvgIpc) is 3.03. The summed E-state index contributed by atoms with van der Waals surface area (Å²) in [6, 6.07) is 8.00. The Morgan fingerprint density at radius 2 is 2.06 bits per heavy atom. The van der Waals surface area contributed by atoms with Gasteiger partial charge in [0.15, 0.2) is 5.01 Å². The summed E-state index contributed by atoms with van der Waals surface area (Å²) in [5, 5.41) is 6.76. The highest BCUT2D eigenvalue weighted by molar-refractivity contribution is 7.10. The molecule has 82 valence electrons. The molecule has 0 amide bonds. The number of fused-ring (bicyclic) bond motifs is 3. The predicted molar refractivity (Wildman–Crippen MR) is 67.3 cm³/mol. The zero-order chi connectivity index (χ0) is 11.2. The topological polar surface area (TPSA) is 56.0 Å². The third-order valence-corrected chi connectivity index (χ3v) is 3.98. The van der Waals surface area contributed by atoms with Crippen LogP contribution in [0.25, 0.3) is 27.5 Å². The summed E-state index contributed by atoms with van der Waals surface area (Å²) in [6.07, 6.45) is 0. The van der Waals surface area contributed by atoms with Crippen molar-refractivity contribution in [2.45, 2.75) is 0 Å². The first kappa shape index (κ1) is 9.20. The van der Waals surface area contributed by atoms with Gasteiger partial charge in [0, 0.05) is 5.38 Å². The number of benzene rings is 1. The fraction of sp³-hybridized carbons (Fsp3) is 0. The molecule has 0 N–H and O–H groups in total. The van der Waals surface area contributed by atoms with Gasteiger partial charge in [-0.25, -0.2) is 8.77 Å².